The van der Waals surface area contributed by atoms with Crippen LogP contribution in [0.15, 0.2) is 18.3 Å². The Morgan fingerprint density at radius 2 is 2.04 bits per heavy atom. The van der Waals surface area contributed by atoms with E-state index in [0.717, 1.165) is 18.4 Å². The molecule has 1 atom stereocenters. The van der Waals surface area contributed by atoms with Crippen LogP contribution in [0.4, 0.5) is 0 Å². The molecule has 0 bridgehead atoms. The number of carbonyl (C=O) groups is 2. The van der Waals surface area contributed by atoms with Crippen molar-refractivity contribution in [1.29, 1.82) is 0 Å². The quantitative estimate of drug-likeness (QED) is 0.638. The van der Waals surface area contributed by atoms with Gasteiger partial charge in [-0.05, 0) is 24.8 Å². The fourth-order valence-electron chi connectivity index (χ4n) is 2.49. The monoisotopic (exact) mass is 323 g/mol. The van der Waals surface area contributed by atoms with Crippen LogP contribution in [0.1, 0.15) is 18.4 Å². The van der Waals surface area contributed by atoms with Gasteiger partial charge in [-0.25, -0.2) is 4.98 Å². The van der Waals surface area contributed by atoms with Crippen molar-refractivity contribution in [3.63, 3.8) is 0 Å². The molecule has 0 radical (unpaired) electrons. The Kier molecular flexibility index (Phi) is 5.89. The summed E-state index contributed by atoms with van der Waals surface area (Å²) >= 11 is 0. The van der Waals surface area contributed by atoms with E-state index in [1.54, 1.807) is 18.3 Å². The number of piperidine rings is 1. The Bertz CT molecular complexity index is 541. The third-order valence-corrected chi connectivity index (χ3v) is 3.75. The van der Waals surface area contributed by atoms with Gasteiger partial charge in [-0.2, -0.15) is 0 Å². The molecule has 0 aromatic carbocycles. The number of nitrogens with zero attached hydrogens (tertiary/aromatic N) is 2. The Hall–Kier alpha value is -2.19. The van der Waals surface area contributed by atoms with Crippen molar-refractivity contribution < 1.29 is 24.5 Å². The molecule has 126 valence electrons. The lowest BCUT2D eigenvalue weighted by Gasteiger charge is -2.30. The number of nitrogens with two attached hydrogens (primary N) is 1. The van der Waals surface area contributed by atoms with Gasteiger partial charge < -0.3 is 20.7 Å². The fraction of sp³-hybridized carbons (Fsp3) is 0.533. The molecular weight excluding hydrogens is 302 g/mol. The van der Waals surface area contributed by atoms with E-state index in [1.165, 1.54) is 0 Å². The first-order valence-corrected chi connectivity index (χ1v) is 7.48. The normalized spacial score (nSPS) is 17.6. The standard InChI is InChI=1S/C15H21N3O5/c16-12(15(21)22)7-10-1-2-13(17-8-10)23-11-3-5-18(6-4-11)9-14(19)20/h1-2,8,11-12H,3-7,9,16H2,(H,19,20)(H,21,22)/t12-/m0/s1. The molecule has 0 unspecified atom stereocenters. The molecule has 1 aromatic rings. The van der Waals surface area contributed by atoms with Gasteiger partial charge in [0, 0.05) is 25.4 Å². The lowest BCUT2D eigenvalue weighted by molar-refractivity contribution is -0.139. The zero-order valence-corrected chi connectivity index (χ0v) is 12.7. The van der Waals surface area contributed by atoms with Crippen LogP contribution in [0.25, 0.3) is 0 Å². The summed E-state index contributed by atoms with van der Waals surface area (Å²) in [5.41, 5.74) is 6.22. The van der Waals surface area contributed by atoms with Crippen molar-refractivity contribution in [2.24, 2.45) is 5.73 Å². The van der Waals surface area contributed by atoms with Crippen LogP contribution in [-0.4, -0.2) is 63.8 Å². The third-order valence-electron chi connectivity index (χ3n) is 3.75. The number of carboxylic acids is 2. The largest absolute Gasteiger partial charge is 0.480 e. The van der Waals surface area contributed by atoms with Gasteiger partial charge in [-0.3, -0.25) is 14.5 Å². The van der Waals surface area contributed by atoms with E-state index in [1.807, 2.05) is 4.90 Å². The lowest BCUT2D eigenvalue weighted by atomic mass is 10.1. The van der Waals surface area contributed by atoms with Crippen LogP contribution in [-0.2, 0) is 16.0 Å². The predicted octanol–water partition coefficient (Wildman–Crippen LogP) is -0.0362. The molecule has 1 aliphatic heterocycles. The van der Waals surface area contributed by atoms with E-state index in [4.69, 9.17) is 20.7 Å². The summed E-state index contributed by atoms with van der Waals surface area (Å²) in [6.45, 7) is 1.43. The summed E-state index contributed by atoms with van der Waals surface area (Å²) in [4.78, 5) is 27.4. The van der Waals surface area contributed by atoms with Crippen LogP contribution in [0.3, 0.4) is 0 Å². The first-order valence-electron chi connectivity index (χ1n) is 7.48. The average molecular weight is 323 g/mol. The maximum absolute atomic E-state index is 10.7. The molecule has 0 aliphatic carbocycles. The van der Waals surface area contributed by atoms with Gasteiger partial charge >= 0.3 is 11.9 Å². The molecule has 2 heterocycles. The molecule has 8 nitrogen and oxygen atoms in total. The first kappa shape index (κ1) is 17.2. The number of likely N-dealkylation sites (tertiary alicyclic amines) is 1. The molecule has 1 aromatic heterocycles. The molecule has 0 spiro atoms. The Labute approximate surface area is 133 Å². The number of pyridine rings is 1. The number of hydrogen-bond acceptors (Lipinski definition) is 6. The fourth-order valence-corrected chi connectivity index (χ4v) is 2.49. The van der Waals surface area contributed by atoms with E-state index in [9.17, 15) is 9.59 Å². The topological polar surface area (TPSA) is 126 Å². The maximum atomic E-state index is 10.7. The molecular formula is C15H21N3O5. The highest BCUT2D eigenvalue weighted by Crippen LogP contribution is 2.17. The second-order valence-electron chi connectivity index (χ2n) is 5.64. The molecule has 0 saturated carbocycles. The summed E-state index contributed by atoms with van der Waals surface area (Å²) in [7, 11) is 0. The minimum atomic E-state index is -1.04. The van der Waals surface area contributed by atoms with E-state index >= 15 is 0 Å². The van der Waals surface area contributed by atoms with Crippen LogP contribution >= 0.6 is 0 Å². The maximum Gasteiger partial charge on any atom is 0.320 e. The van der Waals surface area contributed by atoms with Gasteiger partial charge in [0.15, 0.2) is 0 Å². The smallest absolute Gasteiger partial charge is 0.320 e. The van der Waals surface area contributed by atoms with Crippen molar-refractivity contribution in [2.75, 3.05) is 19.6 Å². The SMILES string of the molecule is N[C@@H](Cc1ccc(OC2CCN(CC(=O)O)CC2)nc1)C(=O)O. The van der Waals surface area contributed by atoms with Crippen molar-refractivity contribution in [3.05, 3.63) is 23.9 Å². The summed E-state index contributed by atoms with van der Waals surface area (Å²) in [6.07, 6.45) is 3.30. The van der Waals surface area contributed by atoms with Crippen LogP contribution < -0.4 is 10.5 Å². The van der Waals surface area contributed by atoms with Gasteiger partial charge in [0.25, 0.3) is 0 Å². The Morgan fingerprint density at radius 3 is 2.57 bits per heavy atom. The number of hydrogen-bond donors (Lipinski definition) is 3. The molecule has 1 saturated heterocycles. The highest BCUT2D eigenvalue weighted by atomic mass is 16.5. The van der Waals surface area contributed by atoms with Crippen molar-refractivity contribution >= 4 is 11.9 Å². The first-order chi connectivity index (χ1) is 10.9. The number of carboxylic acid groups (broad SMARTS) is 2. The van der Waals surface area contributed by atoms with Crippen LogP contribution in [0.5, 0.6) is 5.88 Å². The Balaban J connectivity index is 1.80. The number of rotatable bonds is 7. The third kappa shape index (κ3) is 5.50. The molecule has 23 heavy (non-hydrogen) atoms. The number of aliphatic carboxylic acids is 2. The van der Waals surface area contributed by atoms with Gasteiger partial charge in [0.2, 0.25) is 5.88 Å². The molecule has 2 rings (SSSR count). The van der Waals surface area contributed by atoms with E-state index in [2.05, 4.69) is 4.98 Å². The molecule has 1 fully saturated rings. The highest BCUT2D eigenvalue weighted by Gasteiger charge is 2.22. The predicted molar refractivity (Wildman–Crippen MR) is 81.3 cm³/mol. The minimum absolute atomic E-state index is 0.0136. The molecule has 8 heteroatoms. The lowest BCUT2D eigenvalue weighted by Crippen LogP contribution is -2.40. The Morgan fingerprint density at radius 1 is 1.35 bits per heavy atom. The van der Waals surface area contributed by atoms with Crippen molar-refractivity contribution in [3.8, 4) is 5.88 Å². The second-order valence-corrected chi connectivity index (χ2v) is 5.64. The zero-order valence-electron chi connectivity index (χ0n) is 12.7. The second kappa shape index (κ2) is 7.89. The number of aromatic nitrogens is 1. The van der Waals surface area contributed by atoms with Crippen molar-refractivity contribution in [2.45, 2.75) is 31.4 Å². The minimum Gasteiger partial charge on any atom is -0.480 e. The average Bonchev–Trinajstić information content (AvgIpc) is 2.50. The van der Waals surface area contributed by atoms with E-state index in [0.29, 0.717) is 19.0 Å². The molecule has 4 N–H and O–H groups in total. The van der Waals surface area contributed by atoms with Gasteiger partial charge in [-0.1, -0.05) is 6.07 Å². The highest BCUT2D eigenvalue weighted by molar-refractivity contribution is 5.73. The van der Waals surface area contributed by atoms with Gasteiger partial charge in [0.1, 0.15) is 12.1 Å². The summed E-state index contributed by atoms with van der Waals surface area (Å²) in [5, 5.41) is 17.5. The summed E-state index contributed by atoms with van der Waals surface area (Å²) in [5.74, 6) is -1.38. The van der Waals surface area contributed by atoms with Gasteiger partial charge in [0.05, 0.1) is 6.54 Å². The van der Waals surface area contributed by atoms with Crippen LogP contribution in [0.2, 0.25) is 0 Å². The van der Waals surface area contributed by atoms with Crippen LogP contribution in [0, 0.1) is 0 Å². The summed E-state index contributed by atoms with van der Waals surface area (Å²) < 4.78 is 5.78. The zero-order chi connectivity index (χ0) is 16.8. The van der Waals surface area contributed by atoms with Crippen molar-refractivity contribution in [1.82, 2.24) is 9.88 Å². The summed E-state index contributed by atoms with van der Waals surface area (Å²) in [6, 6.07) is 2.51. The molecule has 0 amide bonds. The van der Waals surface area contributed by atoms with Gasteiger partial charge in [-0.15, -0.1) is 0 Å². The van der Waals surface area contributed by atoms with E-state index in [-0.39, 0.29) is 19.1 Å². The molecule has 1 aliphatic rings. The van der Waals surface area contributed by atoms with E-state index < -0.39 is 18.0 Å². The number of ether oxygens (including phenoxy) is 1.